The van der Waals surface area contributed by atoms with Crippen LogP contribution in [0.4, 0.5) is 0 Å². The molecule has 18 heavy (non-hydrogen) atoms. The van der Waals surface area contributed by atoms with Gasteiger partial charge in [0.2, 0.25) is 0 Å². The van der Waals surface area contributed by atoms with Crippen LogP contribution in [0.15, 0.2) is 36.4 Å². The van der Waals surface area contributed by atoms with Crippen molar-refractivity contribution in [2.75, 3.05) is 7.11 Å². The summed E-state index contributed by atoms with van der Waals surface area (Å²) in [4.78, 5) is 2.75. The van der Waals surface area contributed by atoms with Crippen molar-refractivity contribution < 1.29 is 4.74 Å². The summed E-state index contributed by atoms with van der Waals surface area (Å²) in [5.74, 6) is 0.905. The fraction of sp³-hybridized carbons (Fsp3) is 0.286. The molecule has 0 atom stereocenters. The standard InChI is InChI=1S/C14H17NOS.ClH/c1-11-3-8-14(17-11)10-15-9-12-4-6-13(16-2)7-5-12;/h3-8,15H,9-10H2,1-2H3;1H. The number of rotatable bonds is 5. The third-order valence-corrected chi connectivity index (χ3v) is 3.58. The lowest BCUT2D eigenvalue weighted by atomic mass is 10.2. The van der Waals surface area contributed by atoms with E-state index in [-0.39, 0.29) is 12.4 Å². The van der Waals surface area contributed by atoms with Crippen molar-refractivity contribution >= 4 is 23.7 Å². The predicted molar refractivity (Wildman–Crippen MR) is 79.8 cm³/mol. The Balaban J connectivity index is 0.00000162. The van der Waals surface area contributed by atoms with E-state index >= 15 is 0 Å². The lowest BCUT2D eigenvalue weighted by molar-refractivity contribution is 0.414. The highest BCUT2D eigenvalue weighted by Crippen LogP contribution is 2.15. The van der Waals surface area contributed by atoms with Gasteiger partial charge in [0.15, 0.2) is 0 Å². The topological polar surface area (TPSA) is 21.3 Å². The Bertz CT molecular complexity index is 467. The molecule has 1 aromatic carbocycles. The van der Waals surface area contributed by atoms with Crippen LogP contribution in [0.5, 0.6) is 5.75 Å². The number of methoxy groups -OCH3 is 1. The summed E-state index contributed by atoms with van der Waals surface area (Å²) in [6.07, 6.45) is 0. The molecule has 0 aliphatic heterocycles. The molecule has 0 radical (unpaired) electrons. The van der Waals surface area contributed by atoms with Crippen LogP contribution in [-0.4, -0.2) is 7.11 Å². The van der Waals surface area contributed by atoms with Crippen LogP contribution in [0.1, 0.15) is 15.3 Å². The summed E-state index contributed by atoms with van der Waals surface area (Å²) in [5, 5.41) is 3.44. The zero-order valence-corrected chi connectivity index (χ0v) is 12.2. The highest BCUT2D eigenvalue weighted by Gasteiger charge is 1.97. The maximum absolute atomic E-state index is 5.13. The monoisotopic (exact) mass is 283 g/mol. The fourth-order valence-electron chi connectivity index (χ4n) is 1.65. The second-order valence-corrected chi connectivity index (χ2v) is 5.34. The molecule has 0 unspecified atom stereocenters. The summed E-state index contributed by atoms with van der Waals surface area (Å²) in [6, 6.07) is 12.5. The van der Waals surface area contributed by atoms with E-state index in [1.165, 1.54) is 15.3 Å². The number of ether oxygens (including phenoxy) is 1. The predicted octanol–water partition coefficient (Wildman–Crippen LogP) is 3.78. The molecule has 0 saturated heterocycles. The Hall–Kier alpha value is -1.03. The molecule has 2 nitrogen and oxygen atoms in total. The molecule has 0 amide bonds. The Labute approximate surface area is 118 Å². The van der Waals surface area contributed by atoms with Gasteiger partial charge in [0.1, 0.15) is 5.75 Å². The van der Waals surface area contributed by atoms with Gasteiger partial charge in [-0.15, -0.1) is 23.7 Å². The molecule has 0 spiro atoms. The summed E-state index contributed by atoms with van der Waals surface area (Å²) in [7, 11) is 1.69. The Kier molecular flexibility index (Phi) is 6.19. The van der Waals surface area contributed by atoms with Gasteiger partial charge in [-0.05, 0) is 36.8 Å². The van der Waals surface area contributed by atoms with E-state index in [0.717, 1.165) is 18.8 Å². The second-order valence-electron chi connectivity index (χ2n) is 3.96. The molecule has 1 aromatic heterocycles. The van der Waals surface area contributed by atoms with Gasteiger partial charge in [0, 0.05) is 22.8 Å². The van der Waals surface area contributed by atoms with E-state index in [1.807, 2.05) is 23.5 Å². The minimum atomic E-state index is 0. The number of benzene rings is 1. The van der Waals surface area contributed by atoms with E-state index in [9.17, 15) is 0 Å². The van der Waals surface area contributed by atoms with Gasteiger partial charge in [-0.2, -0.15) is 0 Å². The van der Waals surface area contributed by atoms with Crippen LogP contribution in [0.25, 0.3) is 0 Å². The minimum Gasteiger partial charge on any atom is -0.497 e. The Morgan fingerprint density at radius 2 is 1.78 bits per heavy atom. The largest absolute Gasteiger partial charge is 0.497 e. The van der Waals surface area contributed by atoms with E-state index in [2.05, 4.69) is 36.5 Å². The van der Waals surface area contributed by atoms with Gasteiger partial charge in [-0.25, -0.2) is 0 Å². The maximum Gasteiger partial charge on any atom is 0.118 e. The summed E-state index contributed by atoms with van der Waals surface area (Å²) < 4.78 is 5.13. The van der Waals surface area contributed by atoms with Crippen molar-refractivity contribution in [3.8, 4) is 5.75 Å². The van der Waals surface area contributed by atoms with Gasteiger partial charge in [0.05, 0.1) is 7.11 Å². The number of hydrogen-bond donors (Lipinski definition) is 1. The minimum absolute atomic E-state index is 0. The number of hydrogen-bond acceptors (Lipinski definition) is 3. The SMILES string of the molecule is COc1ccc(CNCc2ccc(C)s2)cc1.Cl. The van der Waals surface area contributed by atoms with Crippen LogP contribution in [0, 0.1) is 6.92 Å². The summed E-state index contributed by atoms with van der Waals surface area (Å²) in [6.45, 7) is 3.96. The lowest BCUT2D eigenvalue weighted by Gasteiger charge is -2.04. The molecule has 0 fully saturated rings. The van der Waals surface area contributed by atoms with Crippen molar-refractivity contribution in [1.29, 1.82) is 0 Å². The number of halogens is 1. The quantitative estimate of drug-likeness (QED) is 0.902. The average molecular weight is 284 g/mol. The number of aryl methyl sites for hydroxylation is 1. The first kappa shape index (κ1) is 15.0. The molecule has 2 aromatic rings. The van der Waals surface area contributed by atoms with Crippen molar-refractivity contribution in [2.24, 2.45) is 0 Å². The third kappa shape index (κ3) is 4.33. The van der Waals surface area contributed by atoms with Gasteiger partial charge in [-0.3, -0.25) is 0 Å². The summed E-state index contributed by atoms with van der Waals surface area (Å²) >= 11 is 1.85. The Morgan fingerprint density at radius 1 is 1.06 bits per heavy atom. The van der Waals surface area contributed by atoms with Crippen molar-refractivity contribution in [3.05, 3.63) is 51.7 Å². The van der Waals surface area contributed by atoms with Crippen molar-refractivity contribution in [1.82, 2.24) is 5.32 Å². The van der Waals surface area contributed by atoms with Crippen LogP contribution in [0.3, 0.4) is 0 Å². The smallest absolute Gasteiger partial charge is 0.118 e. The number of nitrogens with one attached hydrogen (secondary N) is 1. The maximum atomic E-state index is 5.13. The molecular weight excluding hydrogens is 266 g/mol. The molecule has 2 rings (SSSR count). The van der Waals surface area contributed by atoms with Crippen LogP contribution in [-0.2, 0) is 13.1 Å². The molecule has 1 N–H and O–H groups in total. The van der Waals surface area contributed by atoms with E-state index in [4.69, 9.17) is 4.74 Å². The van der Waals surface area contributed by atoms with E-state index < -0.39 is 0 Å². The lowest BCUT2D eigenvalue weighted by Crippen LogP contribution is -2.11. The highest BCUT2D eigenvalue weighted by atomic mass is 35.5. The molecule has 0 aliphatic carbocycles. The average Bonchev–Trinajstić information content (AvgIpc) is 2.76. The van der Waals surface area contributed by atoms with Gasteiger partial charge in [-0.1, -0.05) is 12.1 Å². The third-order valence-electron chi connectivity index (χ3n) is 2.58. The molecule has 0 saturated carbocycles. The van der Waals surface area contributed by atoms with Gasteiger partial charge >= 0.3 is 0 Å². The first-order valence-electron chi connectivity index (χ1n) is 5.67. The van der Waals surface area contributed by atoms with Gasteiger partial charge < -0.3 is 10.1 Å². The normalized spacial score (nSPS) is 9.89. The van der Waals surface area contributed by atoms with Crippen LogP contribution < -0.4 is 10.1 Å². The van der Waals surface area contributed by atoms with Crippen LogP contribution in [0.2, 0.25) is 0 Å². The molecule has 0 aliphatic rings. The fourth-order valence-corrected chi connectivity index (χ4v) is 2.51. The highest BCUT2D eigenvalue weighted by molar-refractivity contribution is 7.11. The first-order chi connectivity index (χ1) is 8.28. The zero-order valence-electron chi connectivity index (χ0n) is 10.6. The van der Waals surface area contributed by atoms with Crippen LogP contribution >= 0.6 is 23.7 Å². The zero-order chi connectivity index (χ0) is 12.1. The second kappa shape index (κ2) is 7.41. The first-order valence-corrected chi connectivity index (χ1v) is 6.48. The molecule has 4 heteroatoms. The molecule has 0 bridgehead atoms. The number of thiophene rings is 1. The molecule has 98 valence electrons. The van der Waals surface area contributed by atoms with Crippen molar-refractivity contribution in [3.63, 3.8) is 0 Å². The van der Waals surface area contributed by atoms with Crippen molar-refractivity contribution in [2.45, 2.75) is 20.0 Å². The summed E-state index contributed by atoms with van der Waals surface area (Å²) in [5.41, 5.74) is 1.28. The van der Waals surface area contributed by atoms with E-state index in [1.54, 1.807) is 7.11 Å². The van der Waals surface area contributed by atoms with E-state index in [0.29, 0.717) is 0 Å². The molecule has 1 heterocycles. The van der Waals surface area contributed by atoms with Gasteiger partial charge in [0.25, 0.3) is 0 Å². The Morgan fingerprint density at radius 3 is 2.33 bits per heavy atom. The molecular formula is C14H18ClNOS.